The number of likely N-dealkylation sites (tertiary alicyclic amines) is 1. The number of carbonyl (C=O) groups excluding carboxylic acids is 1. The van der Waals surface area contributed by atoms with Gasteiger partial charge in [0.05, 0.1) is 13.2 Å². The van der Waals surface area contributed by atoms with Gasteiger partial charge in [-0.3, -0.25) is 4.79 Å². The third-order valence-corrected chi connectivity index (χ3v) is 5.15. The Morgan fingerprint density at radius 3 is 2.85 bits per heavy atom. The van der Waals surface area contributed by atoms with Crippen LogP contribution in [0.5, 0.6) is 5.75 Å². The van der Waals surface area contributed by atoms with E-state index in [0.29, 0.717) is 5.69 Å². The van der Waals surface area contributed by atoms with Gasteiger partial charge in [-0.2, -0.15) is 0 Å². The third kappa shape index (κ3) is 3.33. The van der Waals surface area contributed by atoms with Gasteiger partial charge in [0.25, 0.3) is 5.91 Å². The van der Waals surface area contributed by atoms with Gasteiger partial charge in [-0.15, -0.1) is 0 Å². The van der Waals surface area contributed by atoms with E-state index < -0.39 is 0 Å². The first-order chi connectivity index (χ1) is 13.2. The number of rotatable bonds is 4. The highest BCUT2D eigenvalue weighted by Crippen LogP contribution is 2.35. The summed E-state index contributed by atoms with van der Waals surface area (Å²) < 4.78 is 10.7. The maximum Gasteiger partial charge on any atom is 0.292 e. The lowest BCUT2D eigenvalue weighted by Gasteiger charge is -2.25. The van der Waals surface area contributed by atoms with Gasteiger partial charge >= 0.3 is 0 Å². The van der Waals surface area contributed by atoms with E-state index in [2.05, 4.69) is 24.2 Å². The number of amides is 1. The van der Waals surface area contributed by atoms with Crippen molar-refractivity contribution in [3.8, 4) is 17.0 Å². The van der Waals surface area contributed by atoms with Crippen LogP contribution in [0.3, 0.4) is 0 Å². The van der Waals surface area contributed by atoms with Crippen molar-refractivity contribution in [1.82, 2.24) is 10.1 Å². The highest BCUT2D eigenvalue weighted by Gasteiger charge is 2.33. The number of hydrogen-bond acceptors (Lipinski definition) is 4. The Hall–Kier alpha value is -3.08. The number of hydrogen-bond donors (Lipinski definition) is 0. The molecule has 0 bridgehead atoms. The van der Waals surface area contributed by atoms with E-state index in [-0.39, 0.29) is 17.7 Å². The van der Waals surface area contributed by atoms with E-state index in [1.807, 2.05) is 41.3 Å². The topological polar surface area (TPSA) is 55.6 Å². The van der Waals surface area contributed by atoms with Crippen LogP contribution >= 0.6 is 0 Å². The SMILES string of the molecule is COc1cccc(-c2cc(C(=O)N3CCC[C@H]3c3ccccc3C)on2)c1. The molecule has 5 heteroatoms. The smallest absolute Gasteiger partial charge is 0.292 e. The maximum atomic E-state index is 13.1. The average molecular weight is 362 g/mol. The first kappa shape index (κ1) is 17.3. The van der Waals surface area contributed by atoms with Crippen LogP contribution in [0.25, 0.3) is 11.3 Å². The van der Waals surface area contributed by atoms with Gasteiger partial charge < -0.3 is 14.2 Å². The largest absolute Gasteiger partial charge is 0.497 e. The lowest BCUT2D eigenvalue weighted by molar-refractivity contribution is 0.0693. The van der Waals surface area contributed by atoms with E-state index in [1.165, 1.54) is 11.1 Å². The molecule has 2 heterocycles. The van der Waals surface area contributed by atoms with Crippen molar-refractivity contribution in [3.63, 3.8) is 0 Å². The van der Waals surface area contributed by atoms with Gasteiger partial charge in [0.1, 0.15) is 11.4 Å². The molecule has 138 valence electrons. The molecule has 1 aliphatic rings. The zero-order chi connectivity index (χ0) is 18.8. The van der Waals surface area contributed by atoms with E-state index in [1.54, 1.807) is 13.2 Å². The average Bonchev–Trinajstić information content (AvgIpc) is 3.38. The summed E-state index contributed by atoms with van der Waals surface area (Å²) >= 11 is 0. The molecule has 1 aliphatic heterocycles. The molecule has 1 saturated heterocycles. The maximum absolute atomic E-state index is 13.1. The quantitative estimate of drug-likeness (QED) is 0.679. The molecule has 1 atom stereocenters. The lowest BCUT2D eigenvalue weighted by Crippen LogP contribution is -2.30. The van der Waals surface area contributed by atoms with E-state index in [4.69, 9.17) is 9.26 Å². The molecule has 1 amide bonds. The first-order valence-corrected chi connectivity index (χ1v) is 9.15. The number of aromatic nitrogens is 1. The molecular formula is C22H22N2O3. The Bertz CT molecular complexity index is 963. The summed E-state index contributed by atoms with van der Waals surface area (Å²) in [5.41, 5.74) is 3.89. The summed E-state index contributed by atoms with van der Waals surface area (Å²) in [7, 11) is 1.62. The van der Waals surface area contributed by atoms with Crippen molar-refractivity contribution in [3.05, 3.63) is 71.5 Å². The molecule has 1 aromatic heterocycles. The molecule has 0 radical (unpaired) electrons. The fraction of sp³-hybridized carbons (Fsp3) is 0.273. The second-order valence-corrected chi connectivity index (χ2v) is 6.82. The summed E-state index contributed by atoms with van der Waals surface area (Å²) in [5.74, 6) is 0.901. The fourth-order valence-corrected chi connectivity index (χ4v) is 3.73. The molecule has 0 N–H and O–H groups in total. The van der Waals surface area contributed by atoms with Crippen molar-refractivity contribution < 1.29 is 14.1 Å². The zero-order valence-corrected chi connectivity index (χ0v) is 15.5. The zero-order valence-electron chi connectivity index (χ0n) is 15.5. The molecule has 0 unspecified atom stereocenters. The van der Waals surface area contributed by atoms with Crippen LogP contribution in [-0.2, 0) is 0 Å². The van der Waals surface area contributed by atoms with Crippen LogP contribution in [-0.4, -0.2) is 29.6 Å². The Morgan fingerprint density at radius 2 is 2.04 bits per heavy atom. The lowest BCUT2D eigenvalue weighted by atomic mass is 9.99. The number of methoxy groups -OCH3 is 1. The second kappa shape index (κ2) is 7.27. The fourth-order valence-electron chi connectivity index (χ4n) is 3.73. The molecular weight excluding hydrogens is 340 g/mol. The van der Waals surface area contributed by atoms with Crippen LogP contribution in [0.2, 0.25) is 0 Å². The van der Waals surface area contributed by atoms with Gasteiger partial charge in [0, 0.05) is 18.2 Å². The van der Waals surface area contributed by atoms with Crippen LogP contribution in [0.1, 0.15) is 40.6 Å². The van der Waals surface area contributed by atoms with Crippen molar-refractivity contribution >= 4 is 5.91 Å². The molecule has 1 fully saturated rings. The predicted octanol–water partition coefficient (Wildman–Crippen LogP) is 4.64. The summed E-state index contributed by atoms with van der Waals surface area (Å²) in [5, 5.41) is 4.09. The van der Waals surface area contributed by atoms with Crippen LogP contribution < -0.4 is 4.74 Å². The monoisotopic (exact) mass is 362 g/mol. The highest BCUT2D eigenvalue weighted by atomic mass is 16.5. The van der Waals surface area contributed by atoms with Crippen LogP contribution in [0.4, 0.5) is 0 Å². The summed E-state index contributed by atoms with van der Waals surface area (Å²) in [6, 6.07) is 17.6. The van der Waals surface area contributed by atoms with Crippen LogP contribution in [0, 0.1) is 6.92 Å². The normalized spacial score (nSPS) is 16.5. The molecule has 0 spiro atoms. The van der Waals surface area contributed by atoms with E-state index in [0.717, 1.165) is 30.7 Å². The number of ether oxygens (including phenoxy) is 1. The van der Waals surface area contributed by atoms with Gasteiger partial charge in [-0.05, 0) is 43.0 Å². The van der Waals surface area contributed by atoms with Crippen molar-refractivity contribution in [2.75, 3.05) is 13.7 Å². The first-order valence-electron chi connectivity index (χ1n) is 9.15. The highest BCUT2D eigenvalue weighted by molar-refractivity contribution is 5.93. The number of carbonyl (C=O) groups is 1. The minimum absolute atomic E-state index is 0.0871. The Labute approximate surface area is 158 Å². The molecule has 0 saturated carbocycles. The number of nitrogens with zero attached hydrogens (tertiary/aromatic N) is 2. The van der Waals surface area contributed by atoms with Crippen molar-refractivity contribution in [2.24, 2.45) is 0 Å². The van der Waals surface area contributed by atoms with Gasteiger partial charge in [0.2, 0.25) is 5.76 Å². The summed E-state index contributed by atoms with van der Waals surface area (Å²) in [6.07, 6.45) is 1.95. The van der Waals surface area contributed by atoms with Gasteiger partial charge in [-0.25, -0.2) is 0 Å². The van der Waals surface area contributed by atoms with Crippen LogP contribution in [0.15, 0.2) is 59.1 Å². The van der Waals surface area contributed by atoms with Gasteiger partial charge in [0.15, 0.2) is 0 Å². The summed E-state index contributed by atoms with van der Waals surface area (Å²) in [4.78, 5) is 15.0. The Kier molecular flexibility index (Phi) is 4.67. The van der Waals surface area contributed by atoms with Crippen molar-refractivity contribution in [2.45, 2.75) is 25.8 Å². The number of benzene rings is 2. The molecule has 2 aromatic carbocycles. The third-order valence-electron chi connectivity index (χ3n) is 5.15. The molecule has 3 aromatic rings. The van der Waals surface area contributed by atoms with E-state index >= 15 is 0 Å². The molecule has 0 aliphatic carbocycles. The standard InChI is InChI=1S/C22H22N2O3/c1-15-7-3-4-10-18(15)20-11-6-12-24(20)22(25)21-14-19(23-27-21)16-8-5-9-17(13-16)26-2/h3-5,7-10,13-14,20H,6,11-12H2,1-2H3/t20-/m0/s1. The Morgan fingerprint density at radius 1 is 1.19 bits per heavy atom. The summed E-state index contributed by atoms with van der Waals surface area (Å²) in [6.45, 7) is 2.82. The minimum Gasteiger partial charge on any atom is -0.497 e. The minimum atomic E-state index is -0.109. The van der Waals surface area contributed by atoms with E-state index in [9.17, 15) is 4.79 Å². The number of aryl methyl sites for hydroxylation is 1. The second-order valence-electron chi connectivity index (χ2n) is 6.82. The molecule has 27 heavy (non-hydrogen) atoms. The molecule has 4 rings (SSSR count). The Balaban J connectivity index is 1.59. The van der Waals surface area contributed by atoms with Gasteiger partial charge in [-0.1, -0.05) is 41.6 Å². The van der Waals surface area contributed by atoms with Crippen molar-refractivity contribution in [1.29, 1.82) is 0 Å². The molecule has 5 nitrogen and oxygen atoms in total. The predicted molar refractivity (Wildman–Crippen MR) is 103 cm³/mol.